The molecule has 1 aromatic rings. The normalized spacial score (nSPS) is 20.3. The summed E-state index contributed by atoms with van der Waals surface area (Å²) in [5.74, 6) is 0.977. The maximum atomic E-state index is 11.1. The average molecular weight is 233 g/mol. The molecule has 0 saturated carbocycles. The maximum absolute atomic E-state index is 11.1. The number of benzene rings is 1. The zero-order valence-electron chi connectivity index (χ0n) is 7.53. The first-order valence-electron chi connectivity index (χ1n) is 4.20. The van der Waals surface area contributed by atoms with E-state index in [-0.39, 0.29) is 10.8 Å². The first-order valence-corrected chi connectivity index (χ1v) is 6.51. The number of ether oxygens (including phenoxy) is 1. The van der Waals surface area contributed by atoms with Gasteiger partial charge in [0, 0.05) is 22.2 Å². The van der Waals surface area contributed by atoms with E-state index in [0.29, 0.717) is 6.61 Å². The largest absolute Gasteiger partial charge is 0.493 e. The Morgan fingerprint density at radius 2 is 2.21 bits per heavy atom. The summed E-state index contributed by atoms with van der Waals surface area (Å²) >= 11 is 0. The van der Waals surface area contributed by atoms with Crippen LogP contribution in [0.15, 0.2) is 23.1 Å². The first-order chi connectivity index (χ1) is 6.48. The third kappa shape index (κ3) is 1.60. The highest BCUT2D eigenvalue weighted by Gasteiger charge is 2.22. The summed E-state index contributed by atoms with van der Waals surface area (Å²) in [6.07, 6.45) is 0. The van der Waals surface area contributed by atoms with Crippen LogP contribution in [0.3, 0.4) is 0 Å². The molecule has 76 valence electrons. The van der Waals surface area contributed by atoms with Crippen LogP contribution in [0.25, 0.3) is 0 Å². The number of rotatable bonds is 1. The van der Waals surface area contributed by atoms with Crippen LogP contribution in [0.1, 0.15) is 18.4 Å². The minimum atomic E-state index is -3.63. The number of hydrogen-bond acceptors (Lipinski definition) is 3. The van der Waals surface area contributed by atoms with Crippen molar-refractivity contribution in [3.8, 4) is 5.75 Å². The zero-order chi connectivity index (χ0) is 10.3. The number of hydrogen-bond donors (Lipinski definition) is 0. The van der Waals surface area contributed by atoms with E-state index in [0.717, 1.165) is 11.3 Å². The number of fused-ring (bicyclic) bond motifs is 1. The van der Waals surface area contributed by atoms with Gasteiger partial charge in [-0.3, -0.25) is 0 Å². The van der Waals surface area contributed by atoms with Gasteiger partial charge in [0.05, 0.1) is 11.5 Å². The Hall–Kier alpha value is -0.740. The fourth-order valence-corrected chi connectivity index (χ4v) is 2.29. The van der Waals surface area contributed by atoms with Gasteiger partial charge in [0.1, 0.15) is 5.75 Å². The van der Waals surface area contributed by atoms with Crippen molar-refractivity contribution in [1.29, 1.82) is 0 Å². The lowest BCUT2D eigenvalue weighted by Gasteiger charge is -2.02. The highest BCUT2D eigenvalue weighted by atomic mass is 35.7. The summed E-state index contributed by atoms with van der Waals surface area (Å²) in [6.45, 7) is 2.58. The average Bonchev–Trinajstić information content (AvgIpc) is 2.46. The summed E-state index contributed by atoms with van der Waals surface area (Å²) in [4.78, 5) is 0.135. The topological polar surface area (TPSA) is 43.4 Å². The molecule has 0 aromatic heterocycles. The maximum Gasteiger partial charge on any atom is 0.261 e. The highest BCUT2D eigenvalue weighted by Crippen LogP contribution is 2.35. The molecule has 1 aromatic carbocycles. The lowest BCUT2D eigenvalue weighted by Crippen LogP contribution is -1.94. The van der Waals surface area contributed by atoms with Gasteiger partial charge in [0.15, 0.2) is 0 Å². The van der Waals surface area contributed by atoms with Crippen molar-refractivity contribution in [3.63, 3.8) is 0 Å². The Balaban J connectivity index is 2.56. The smallest absolute Gasteiger partial charge is 0.261 e. The van der Waals surface area contributed by atoms with Crippen LogP contribution in [-0.4, -0.2) is 15.0 Å². The lowest BCUT2D eigenvalue weighted by molar-refractivity contribution is 0.337. The van der Waals surface area contributed by atoms with Crippen LogP contribution in [0.2, 0.25) is 0 Å². The summed E-state index contributed by atoms with van der Waals surface area (Å²) < 4.78 is 27.5. The molecule has 0 saturated heterocycles. The molecular weight excluding hydrogens is 224 g/mol. The molecule has 3 nitrogen and oxygen atoms in total. The predicted molar refractivity (Wildman–Crippen MR) is 53.4 cm³/mol. The molecule has 0 radical (unpaired) electrons. The van der Waals surface area contributed by atoms with Crippen molar-refractivity contribution in [3.05, 3.63) is 23.8 Å². The Labute approximate surface area is 87.1 Å². The van der Waals surface area contributed by atoms with Crippen molar-refractivity contribution >= 4 is 19.7 Å². The van der Waals surface area contributed by atoms with Gasteiger partial charge in [-0.2, -0.15) is 0 Å². The third-order valence-corrected chi connectivity index (χ3v) is 3.63. The minimum Gasteiger partial charge on any atom is -0.493 e. The Bertz CT molecular complexity index is 467. The Morgan fingerprint density at radius 1 is 1.50 bits per heavy atom. The van der Waals surface area contributed by atoms with Gasteiger partial charge in [-0.25, -0.2) is 8.42 Å². The SMILES string of the molecule is CC1COc2ccc(S(=O)(=O)Cl)cc21. The lowest BCUT2D eigenvalue weighted by atomic mass is 10.0. The molecule has 0 spiro atoms. The van der Waals surface area contributed by atoms with E-state index in [1.54, 1.807) is 12.1 Å². The molecule has 5 heteroatoms. The third-order valence-electron chi connectivity index (χ3n) is 2.28. The molecule has 1 heterocycles. The molecule has 1 aliphatic rings. The highest BCUT2D eigenvalue weighted by molar-refractivity contribution is 8.13. The van der Waals surface area contributed by atoms with Crippen LogP contribution < -0.4 is 4.74 Å². The first kappa shape index (κ1) is 9.80. The van der Waals surface area contributed by atoms with Crippen LogP contribution in [0.5, 0.6) is 5.75 Å². The van der Waals surface area contributed by atoms with Crippen LogP contribution in [0.4, 0.5) is 0 Å². The Morgan fingerprint density at radius 3 is 2.86 bits per heavy atom. The van der Waals surface area contributed by atoms with Crippen LogP contribution in [-0.2, 0) is 9.05 Å². The quantitative estimate of drug-likeness (QED) is 0.697. The van der Waals surface area contributed by atoms with Crippen molar-refractivity contribution in [2.24, 2.45) is 0 Å². The molecule has 0 amide bonds. The van der Waals surface area contributed by atoms with Crippen LogP contribution >= 0.6 is 10.7 Å². The van der Waals surface area contributed by atoms with Gasteiger partial charge in [-0.1, -0.05) is 6.92 Å². The molecule has 1 aliphatic heterocycles. The van der Waals surface area contributed by atoms with E-state index in [4.69, 9.17) is 15.4 Å². The molecule has 14 heavy (non-hydrogen) atoms. The standard InChI is InChI=1S/C9H9ClO3S/c1-6-5-13-9-3-2-7(4-8(6)9)14(10,11)12/h2-4,6H,5H2,1H3. The minimum absolute atomic E-state index is 0.135. The summed E-state index contributed by atoms with van der Waals surface area (Å²) in [5, 5.41) is 0. The van der Waals surface area contributed by atoms with Gasteiger partial charge in [0.25, 0.3) is 9.05 Å². The summed E-state index contributed by atoms with van der Waals surface area (Å²) in [6, 6.07) is 4.68. The molecule has 0 fully saturated rings. The van der Waals surface area contributed by atoms with Gasteiger partial charge in [-0.15, -0.1) is 0 Å². The molecule has 1 atom stereocenters. The van der Waals surface area contributed by atoms with Crippen molar-refractivity contribution in [2.75, 3.05) is 6.61 Å². The van der Waals surface area contributed by atoms with Gasteiger partial charge in [0.2, 0.25) is 0 Å². The second-order valence-electron chi connectivity index (χ2n) is 3.35. The molecule has 2 rings (SSSR count). The van der Waals surface area contributed by atoms with E-state index >= 15 is 0 Å². The van der Waals surface area contributed by atoms with E-state index in [1.807, 2.05) is 6.92 Å². The molecule has 0 aliphatic carbocycles. The fourth-order valence-electron chi connectivity index (χ4n) is 1.50. The zero-order valence-corrected chi connectivity index (χ0v) is 9.10. The van der Waals surface area contributed by atoms with Gasteiger partial charge in [-0.05, 0) is 18.2 Å². The molecular formula is C9H9ClO3S. The Kier molecular flexibility index (Phi) is 2.20. The van der Waals surface area contributed by atoms with E-state index in [1.165, 1.54) is 6.07 Å². The van der Waals surface area contributed by atoms with E-state index in [9.17, 15) is 8.42 Å². The molecule has 0 N–H and O–H groups in total. The van der Waals surface area contributed by atoms with Crippen molar-refractivity contribution in [2.45, 2.75) is 17.7 Å². The summed E-state index contributed by atoms with van der Waals surface area (Å²) in [5.41, 5.74) is 0.909. The van der Waals surface area contributed by atoms with E-state index in [2.05, 4.69) is 0 Å². The second-order valence-corrected chi connectivity index (χ2v) is 5.92. The molecule has 0 bridgehead atoms. The van der Waals surface area contributed by atoms with Crippen molar-refractivity contribution in [1.82, 2.24) is 0 Å². The fraction of sp³-hybridized carbons (Fsp3) is 0.333. The predicted octanol–water partition coefficient (Wildman–Crippen LogP) is 2.11. The van der Waals surface area contributed by atoms with Crippen molar-refractivity contribution < 1.29 is 13.2 Å². The monoisotopic (exact) mass is 232 g/mol. The van der Waals surface area contributed by atoms with Crippen LogP contribution in [0, 0.1) is 0 Å². The summed E-state index contributed by atoms with van der Waals surface area (Å²) in [7, 11) is 1.61. The second kappa shape index (κ2) is 3.14. The van der Waals surface area contributed by atoms with Gasteiger partial charge < -0.3 is 4.74 Å². The molecule has 1 unspecified atom stereocenters. The number of halogens is 1. The van der Waals surface area contributed by atoms with E-state index < -0.39 is 9.05 Å². The van der Waals surface area contributed by atoms with Gasteiger partial charge >= 0.3 is 0 Å².